The quantitative estimate of drug-likeness (QED) is 0.664. The summed E-state index contributed by atoms with van der Waals surface area (Å²) < 4.78 is 5.76. The first kappa shape index (κ1) is 17.6. The fourth-order valence-corrected chi connectivity index (χ4v) is 3.77. The Kier molecular flexibility index (Phi) is 5.11. The zero-order valence-corrected chi connectivity index (χ0v) is 15.8. The van der Waals surface area contributed by atoms with Crippen LogP contribution in [0.25, 0.3) is 0 Å². The number of carbonyl (C=O) groups is 1. The number of para-hydroxylation sites is 2. The van der Waals surface area contributed by atoms with E-state index in [1.54, 1.807) is 0 Å². The van der Waals surface area contributed by atoms with Crippen molar-refractivity contribution in [3.63, 3.8) is 0 Å². The summed E-state index contributed by atoms with van der Waals surface area (Å²) in [5.74, 6) is 1.85. The van der Waals surface area contributed by atoms with Crippen molar-refractivity contribution in [2.75, 3.05) is 17.2 Å². The number of benzene rings is 2. The lowest BCUT2D eigenvalue weighted by Crippen LogP contribution is -2.30. The Labute approximate surface area is 162 Å². The van der Waals surface area contributed by atoms with E-state index in [2.05, 4.69) is 21.2 Å². The number of anilines is 1. The van der Waals surface area contributed by atoms with E-state index in [9.17, 15) is 4.79 Å². The maximum absolute atomic E-state index is 12.6. The number of nitrogens with zero attached hydrogens (tertiary/aromatic N) is 3. The van der Waals surface area contributed by atoms with Gasteiger partial charge in [-0.25, -0.2) is 4.98 Å². The molecule has 0 saturated heterocycles. The molecule has 0 saturated carbocycles. The molecule has 0 fully saturated rings. The van der Waals surface area contributed by atoms with Crippen molar-refractivity contribution >= 4 is 23.4 Å². The van der Waals surface area contributed by atoms with E-state index in [4.69, 9.17) is 4.74 Å². The number of aryl methyl sites for hydroxylation is 1. The van der Waals surface area contributed by atoms with Gasteiger partial charge in [0.1, 0.15) is 12.4 Å². The molecule has 6 nitrogen and oxygen atoms in total. The van der Waals surface area contributed by atoms with Gasteiger partial charge >= 0.3 is 0 Å². The van der Waals surface area contributed by atoms with Gasteiger partial charge in [0.05, 0.1) is 5.75 Å². The number of nitrogens with one attached hydrogen (secondary N) is 1. The van der Waals surface area contributed by atoms with E-state index in [0.29, 0.717) is 23.3 Å². The molecule has 2 aromatic carbocycles. The third-order valence-electron chi connectivity index (χ3n) is 4.48. The van der Waals surface area contributed by atoms with Crippen LogP contribution < -0.4 is 9.64 Å². The van der Waals surface area contributed by atoms with Gasteiger partial charge in [-0.1, -0.05) is 48.2 Å². The van der Waals surface area contributed by atoms with Crippen LogP contribution in [0.3, 0.4) is 0 Å². The molecule has 0 unspecified atom stereocenters. The van der Waals surface area contributed by atoms with Crippen LogP contribution in [-0.4, -0.2) is 33.4 Å². The third kappa shape index (κ3) is 3.98. The second-order valence-corrected chi connectivity index (χ2v) is 7.27. The van der Waals surface area contributed by atoms with Gasteiger partial charge in [0.25, 0.3) is 0 Å². The third-order valence-corrected chi connectivity index (χ3v) is 5.31. The number of hydrogen-bond donors (Lipinski definition) is 1. The van der Waals surface area contributed by atoms with Gasteiger partial charge in [0, 0.05) is 12.2 Å². The minimum absolute atomic E-state index is 0.0764. The number of thioether (sulfide) groups is 1. The summed E-state index contributed by atoms with van der Waals surface area (Å²) in [5, 5.41) is 7.60. The molecule has 1 aliphatic heterocycles. The van der Waals surface area contributed by atoms with E-state index >= 15 is 0 Å². The van der Waals surface area contributed by atoms with Crippen molar-refractivity contribution in [2.45, 2.75) is 25.1 Å². The fourth-order valence-electron chi connectivity index (χ4n) is 3.07. The van der Waals surface area contributed by atoms with Gasteiger partial charge in [-0.3, -0.25) is 9.89 Å². The number of aromatic nitrogens is 3. The Bertz CT molecular complexity index is 956. The SMILES string of the molecule is Cc1ccccc1OCc1nc(SCC(=O)N2CCc3ccccc32)n[nH]1. The Balaban J connectivity index is 1.31. The summed E-state index contributed by atoms with van der Waals surface area (Å²) in [6.45, 7) is 3.05. The maximum Gasteiger partial charge on any atom is 0.237 e. The van der Waals surface area contributed by atoms with Crippen LogP contribution >= 0.6 is 11.8 Å². The molecular formula is C20H20N4O2S. The number of ether oxygens (including phenoxy) is 1. The van der Waals surface area contributed by atoms with Gasteiger partial charge in [0.2, 0.25) is 11.1 Å². The molecule has 3 aromatic rings. The molecule has 0 radical (unpaired) electrons. The number of fused-ring (bicyclic) bond motifs is 1. The lowest BCUT2D eigenvalue weighted by molar-refractivity contribution is -0.116. The number of amides is 1. The van der Waals surface area contributed by atoms with Crippen molar-refractivity contribution in [1.29, 1.82) is 0 Å². The Morgan fingerprint density at radius 2 is 2.04 bits per heavy atom. The highest BCUT2D eigenvalue weighted by molar-refractivity contribution is 7.99. The molecule has 1 N–H and O–H groups in total. The molecule has 1 aromatic heterocycles. The van der Waals surface area contributed by atoms with Gasteiger partial charge in [0.15, 0.2) is 5.82 Å². The van der Waals surface area contributed by atoms with Crippen LogP contribution in [0.1, 0.15) is 17.0 Å². The number of rotatable bonds is 6. The first-order chi connectivity index (χ1) is 13.2. The smallest absolute Gasteiger partial charge is 0.237 e. The van der Waals surface area contributed by atoms with E-state index in [1.807, 2.05) is 54.3 Å². The standard InChI is InChI=1S/C20H20N4O2S/c1-14-6-2-5-9-17(14)26-12-18-21-20(23-22-18)27-13-19(25)24-11-10-15-7-3-4-8-16(15)24/h2-9H,10-13H2,1H3,(H,21,22,23). The van der Waals surface area contributed by atoms with Crippen molar-refractivity contribution in [3.05, 3.63) is 65.5 Å². The van der Waals surface area contributed by atoms with Gasteiger partial charge in [-0.2, -0.15) is 0 Å². The summed E-state index contributed by atoms with van der Waals surface area (Å²) in [7, 11) is 0. The van der Waals surface area contributed by atoms with Crippen molar-refractivity contribution in [2.24, 2.45) is 0 Å². The van der Waals surface area contributed by atoms with Gasteiger partial charge in [-0.05, 0) is 36.6 Å². The molecule has 2 heterocycles. The monoisotopic (exact) mass is 380 g/mol. The molecule has 1 amide bonds. The van der Waals surface area contributed by atoms with Crippen LogP contribution in [-0.2, 0) is 17.8 Å². The first-order valence-electron chi connectivity index (χ1n) is 8.81. The lowest BCUT2D eigenvalue weighted by Gasteiger charge is -2.16. The number of carbonyl (C=O) groups excluding carboxylic acids is 1. The topological polar surface area (TPSA) is 71.1 Å². The molecule has 0 bridgehead atoms. The van der Waals surface area contributed by atoms with Crippen LogP contribution in [0.15, 0.2) is 53.7 Å². The normalized spacial score (nSPS) is 12.9. The molecule has 7 heteroatoms. The zero-order chi connectivity index (χ0) is 18.6. The highest BCUT2D eigenvalue weighted by atomic mass is 32.2. The molecule has 0 spiro atoms. The predicted molar refractivity (Wildman–Crippen MR) is 105 cm³/mol. The van der Waals surface area contributed by atoms with Gasteiger partial charge in [-0.15, -0.1) is 5.10 Å². The molecule has 0 aliphatic carbocycles. The van der Waals surface area contributed by atoms with Crippen molar-refractivity contribution < 1.29 is 9.53 Å². The summed E-state index contributed by atoms with van der Waals surface area (Å²) in [6, 6.07) is 15.9. The van der Waals surface area contributed by atoms with Crippen LogP contribution in [0.4, 0.5) is 5.69 Å². The Morgan fingerprint density at radius 3 is 2.93 bits per heavy atom. The predicted octanol–water partition coefficient (Wildman–Crippen LogP) is 3.37. The van der Waals surface area contributed by atoms with E-state index in [0.717, 1.165) is 30.0 Å². The Morgan fingerprint density at radius 1 is 1.22 bits per heavy atom. The summed E-state index contributed by atoms with van der Waals surface area (Å²) in [4.78, 5) is 18.8. The highest BCUT2D eigenvalue weighted by Crippen LogP contribution is 2.28. The van der Waals surface area contributed by atoms with Crippen LogP contribution in [0.5, 0.6) is 5.75 Å². The number of aromatic amines is 1. The average molecular weight is 380 g/mol. The van der Waals surface area contributed by atoms with Crippen LogP contribution in [0.2, 0.25) is 0 Å². The lowest BCUT2D eigenvalue weighted by atomic mass is 10.2. The molecule has 138 valence electrons. The van der Waals surface area contributed by atoms with Gasteiger partial charge < -0.3 is 9.64 Å². The second kappa shape index (κ2) is 7.84. The van der Waals surface area contributed by atoms with E-state index in [-0.39, 0.29) is 5.91 Å². The summed E-state index contributed by atoms with van der Waals surface area (Å²) in [5.41, 5.74) is 3.32. The fraction of sp³-hybridized carbons (Fsp3) is 0.250. The van der Waals surface area contributed by atoms with E-state index in [1.165, 1.54) is 17.3 Å². The minimum Gasteiger partial charge on any atom is -0.485 e. The first-order valence-corrected chi connectivity index (χ1v) is 9.80. The van der Waals surface area contributed by atoms with Crippen molar-refractivity contribution in [1.82, 2.24) is 15.2 Å². The highest BCUT2D eigenvalue weighted by Gasteiger charge is 2.24. The minimum atomic E-state index is 0.0764. The molecule has 27 heavy (non-hydrogen) atoms. The van der Waals surface area contributed by atoms with Crippen molar-refractivity contribution in [3.8, 4) is 5.75 Å². The average Bonchev–Trinajstić information content (AvgIpc) is 3.32. The Hall–Kier alpha value is -2.80. The molecular weight excluding hydrogens is 360 g/mol. The summed E-state index contributed by atoms with van der Waals surface area (Å²) >= 11 is 1.34. The zero-order valence-electron chi connectivity index (χ0n) is 15.0. The molecule has 4 rings (SSSR count). The second-order valence-electron chi connectivity index (χ2n) is 6.33. The number of hydrogen-bond acceptors (Lipinski definition) is 5. The summed E-state index contributed by atoms with van der Waals surface area (Å²) in [6.07, 6.45) is 0.910. The maximum atomic E-state index is 12.6. The molecule has 0 atom stereocenters. The largest absolute Gasteiger partial charge is 0.485 e. The van der Waals surface area contributed by atoms with E-state index < -0.39 is 0 Å². The van der Waals surface area contributed by atoms with Crippen LogP contribution in [0, 0.1) is 6.92 Å². The molecule has 1 aliphatic rings. The number of H-pyrrole nitrogens is 1.